The van der Waals surface area contributed by atoms with Gasteiger partial charge < -0.3 is 15.0 Å². The summed E-state index contributed by atoms with van der Waals surface area (Å²) < 4.78 is 5.39. The molecule has 136 valence electrons. The van der Waals surface area contributed by atoms with Crippen LogP contribution in [0.3, 0.4) is 0 Å². The third-order valence-electron chi connectivity index (χ3n) is 4.34. The minimum absolute atomic E-state index is 0.163. The van der Waals surface area contributed by atoms with Gasteiger partial charge in [0.05, 0.1) is 11.3 Å². The van der Waals surface area contributed by atoms with E-state index in [2.05, 4.69) is 5.32 Å². The molecule has 1 unspecified atom stereocenters. The zero-order valence-electron chi connectivity index (χ0n) is 15.1. The molecule has 6 heteroatoms. The summed E-state index contributed by atoms with van der Waals surface area (Å²) >= 11 is 0. The molecule has 1 N–H and O–H groups in total. The second kappa shape index (κ2) is 8.65. The fourth-order valence-corrected chi connectivity index (χ4v) is 3.00. The Morgan fingerprint density at radius 2 is 1.76 bits per heavy atom. The zero-order valence-corrected chi connectivity index (χ0v) is 15.1. The van der Waals surface area contributed by atoms with E-state index in [1.165, 1.54) is 6.92 Å². The van der Waals surface area contributed by atoms with Gasteiger partial charge >= 0.3 is 5.97 Å². The van der Waals surface area contributed by atoms with E-state index >= 15 is 0 Å². The van der Waals surface area contributed by atoms with E-state index in [0.29, 0.717) is 18.8 Å². The van der Waals surface area contributed by atoms with E-state index in [1.807, 2.05) is 0 Å². The molecule has 25 heavy (non-hydrogen) atoms. The van der Waals surface area contributed by atoms with Crippen LogP contribution in [0.5, 0.6) is 0 Å². The van der Waals surface area contributed by atoms with Crippen LogP contribution in [0.4, 0.5) is 5.69 Å². The van der Waals surface area contributed by atoms with Gasteiger partial charge in [0, 0.05) is 20.0 Å². The second-order valence-electron chi connectivity index (χ2n) is 6.47. The highest BCUT2D eigenvalue weighted by Gasteiger charge is 2.26. The number of carbonyl (C=O) groups is 3. The number of nitrogens with one attached hydrogen (secondary N) is 1. The topological polar surface area (TPSA) is 75.7 Å². The van der Waals surface area contributed by atoms with Crippen molar-refractivity contribution >= 4 is 23.5 Å². The molecule has 1 aliphatic heterocycles. The highest BCUT2D eigenvalue weighted by atomic mass is 16.5. The summed E-state index contributed by atoms with van der Waals surface area (Å²) in [5, 5.41) is 2.66. The van der Waals surface area contributed by atoms with Crippen molar-refractivity contribution in [1.29, 1.82) is 0 Å². The van der Waals surface area contributed by atoms with Crippen LogP contribution in [0.15, 0.2) is 18.2 Å². The van der Waals surface area contributed by atoms with Crippen molar-refractivity contribution in [3.05, 3.63) is 29.3 Å². The molecule has 0 aliphatic carbocycles. The monoisotopic (exact) mass is 346 g/mol. The maximum atomic E-state index is 12.5. The van der Waals surface area contributed by atoms with Crippen molar-refractivity contribution in [2.75, 3.05) is 18.4 Å². The number of para-hydroxylation sites is 1. The molecule has 1 atom stereocenters. The van der Waals surface area contributed by atoms with Crippen molar-refractivity contribution in [2.24, 2.45) is 0 Å². The Morgan fingerprint density at radius 1 is 1.12 bits per heavy atom. The molecule has 1 aromatic carbocycles. The fraction of sp³-hybridized carbons (Fsp3) is 0.526. The molecule has 2 amide bonds. The Labute approximate surface area is 148 Å². The highest BCUT2D eigenvalue weighted by molar-refractivity contribution is 6.02. The molecule has 0 saturated carbocycles. The number of anilines is 1. The number of rotatable bonds is 4. The molecular formula is C19H26N2O4. The molecule has 1 aromatic rings. The van der Waals surface area contributed by atoms with Gasteiger partial charge in [-0.3, -0.25) is 9.59 Å². The molecule has 0 spiro atoms. The Hall–Kier alpha value is -2.37. The molecule has 0 radical (unpaired) electrons. The summed E-state index contributed by atoms with van der Waals surface area (Å²) in [4.78, 5) is 38.2. The Balaban J connectivity index is 2.09. The van der Waals surface area contributed by atoms with Gasteiger partial charge in [-0.1, -0.05) is 25.0 Å². The van der Waals surface area contributed by atoms with Crippen molar-refractivity contribution in [2.45, 2.75) is 52.6 Å². The average molecular weight is 346 g/mol. The lowest BCUT2D eigenvalue weighted by Gasteiger charge is -2.24. The number of likely N-dealkylation sites (tertiary alicyclic amines) is 1. The predicted molar refractivity (Wildman–Crippen MR) is 95.4 cm³/mol. The number of hydrogen-bond acceptors (Lipinski definition) is 4. The maximum absolute atomic E-state index is 12.5. The average Bonchev–Trinajstić information content (AvgIpc) is 2.84. The number of benzene rings is 1. The van der Waals surface area contributed by atoms with Gasteiger partial charge in [-0.2, -0.15) is 0 Å². The number of aryl methyl sites for hydroxylation is 1. The first-order valence-corrected chi connectivity index (χ1v) is 8.77. The minimum atomic E-state index is -0.851. The van der Waals surface area contributed by atoms with Crippen LogP contribution in [-0.2, 0) is 14.3 Å². The summed E-state index contributed by atoms with van der Waals surface area (Å²) in [6, 6.07) is 5.11. The third kappa shape index (κ3) is 5.05. The summed E-state index contributed by atoms with van der Waals surface area (Å²) in [6.45, 7) is 6.20. The molecule has 0 aromatic heterocycles. The van der Waals surface area contributed by atoms with Gasteiger partial charge in [-0.15, -0.1) is 0 Å². The lowest BCUT2D eigenvalue weighted by Crippen LogP contribution is -2.40. The van der Waals surface area contributed by atoms with Gasteiger partial charge in [-0.05, 0) is 38.3 Å². The van der Waals surface area contributed by atoms with Gasteiger partial charge in [-0.25, -0.2) is 4.79 Å². The second-order valence-corrected chi connectivity index (χ2v) is 6.47. The lowest BCUT2D eigenvalue weighted by molar-refractivity contribution is -0.139. The van der Waals surface area contributed by atoms with E-state index < -0.39 is 12.1 Å². The molecule has 1 aliphatic rings. The first kappa shape index (κ1) is 19.0. The van der Waals surface area contributed by atoms with E-state index in [0.717, 1.165) is 31.2 Å². The number of ether oxygens (including phenoxy) is 1. The summed E-state index contributed by atoms with van der Waals surface area (Å²) in [5.41, 5.74) is 1.44. The lowest BCUT2D eigenvalue weighted by atomic mass is 10.1. The molecule has 1 fully saturated rings. The van der Waals surface area contributed by atoms with Crippen LogP contribution in [0.25, 0.3) is 0 Å². The van der Waals surface area contributed by atoms with Crippen molar-refractivity contribution in [3.8, 4) is 0 Å². The number of nitrogens with zero attached hydrogens (tertiary/aromatic N) is 1. The molecule has 1 saturated heterocycles. The Bertz CT molecular complexity index is 649. The predicted octanol–water partition coefficient (Wildman–Crippen LogP) is 2.90. The molecule has 6 nitrogen and oxygen atoms in total. The van der Waals surface area contributed by atoms with Crippen molar-refractivity contribution < 1.29 is 19.1 Å². The van der Waals surface area contributed by atoms with Crippen LogP contribution in [0.2, 0.25) is 0 Å². The normalized spacial score (nSPS) is 15.9. The largest absolute Gasteiger partial charge is 0.449 e. The molecular weight excluding hydrogens is 320 g/mol. The standard InChI is InChI=1S/C19H26N2O4/c1-13-9-8-10-16(17(13)20-15(3)22)19(24)25-14(2)18(23)21-11-6-4-5-7-12-21/h8-10,14H,4-7,11-12H2,1-3H3,(H,20,22). The number of hydrogen-bond donors (Lipinski definition) is 1. The number of esters is 1. The van der Waals surface area contributed by atoms with Crippen LogP contribution < -0.4 is 5.32 Å². The van der Waals surface area contributed by atoms with Crippen LogP contribution in [0.1, 0.15) is 55.5 Å². The first-order valence-electron chi connectivity index (χ1n) is 8.77. The van der Waals surface area contributed by atoms with E-state index in [1.54, 1.807) is 36.9 Å². The van der Waals surface area contributed by atoms with Gasteiger partial charge in [0.25, 0.3) is 5.91 Å². The van der Waals surface area contributed by atoms with Crippen LogP contribution in [0, 0.1) is 6.92 Å². The highest BCUT2D eigenvalue weighted by Crippen LogP contribution is 2.22. The minimum Gasteiger partial charge on any atom is -0.449 e. The van der Waals surface area contributed by atoms with Gasteiger partial charge in [0.1, 0.15) is 0 Å². The number of carbonyl (C=O) groups excluding carboxylic acids is 3. The summed E-state index contributed by atoms with van der Waals surface area (Å²) in [5.74, 6) is -1.04. The van der Waals surface area contributed by atoms with Gasteiger partial charge in [0.2, 0.25) is 5.91 Å². The Kier molecular flexibility index (Phi) is 6.56. The van der Waals surface area contributed by atoms with Gasteiger partial charge in [0.15, 0.2) is 6.10 Å². The van der Waals surface area contributed by atoms with E-state index in [9.17, 15) is 14.4 Å². The van der Waals surface area contributed by atoms with Crippen molar-refractivity contribution in [1.82, 2.24) is 4.90 Å². The quantitative estimate of drug-likeness (QED) is 0.851. The molecule has 0 bridgehead atoms. The first-order chi connectivity index (χ1) is 11.9. The van der Waals surface area contributed by atoms with Crippen LogP contribution in [-0.4, -0.2) is 41.9 Å². The molecule has 1 heterocycles. The van der Waals surface area contributed by atoms with Crippen molar-refractivity contribution in [3.63, 3.8) is 0 Å². The fourth-order valence-electron chi connectivity index (χ4n) is 3.00. The van der Waals surface area contributed by atoms with E-state index in [4.69, 9.17) is 4.74 Å². The zero-order chi connectivity index (χ0) is 18.4. The third-order valence-corrected chi connectivity index (χ3v) is 4.34. The number of amides is 2. The summed E-state index contributed by atoms with van der Waals surface area (Å²) in [6.07, 6.45) is 3.37. The van der Waals surface area contributed by atoms with Crippen LogP contribution >= 0.6 is 0 Å². The SMILES string of the molecule is CC(=O)Nc1c(C)cccc1C(=O)OC(C)C(=O)N1CCCCCC1. The van der Waals surface area contributed by atoms with E-state index in [-0.39, 0.29) is 17.4 Å². The molecule has 2 rings (SSSR count). The summed E-state index contributed by atoms with van der Waals surface area (Å²) in [7, 11) is 0. The Morgan fingerprint density at radius 3 is 2.36 bits per heavy atom. The smallest absolute Gasteiger partial charge is 0.341 e. The maximum Gasteiger partial charge on any atom is 0.341 e.